The molecule has 1 aromatic rings. The van der Waals surface area contributed by atoms with E-state index in [1.165, 1.54) is 48.8 Å². The van der Waals surface area contributed by atoms with Crippen LogP contribution in [0.1, 0.15) is 51.1 Å². The molecular weight excluding hydrogens is 312 g/mol. The van der Waals surface area contributed by atoms with Crippen molar-refractivity contribution in [1.29, 1.82) is 0 Å². The second kappa shape index (κ2) is 7.58. The summed E-state index contributed by atoms with van der Waals surface area (Å²) in [6, 6.07) is 8.98. The first-order chi connectivity index (χ1) is 9.63. The first-order valence-corrected chi connectivity index (χ1v) is 8.66. The van der Waals surface area contributed by atoms with E-state index >= 15 is 0 Å². The van der Waals surface area contributed by atoms with Crippen molar-refractivity contribution in [3.05, 3.63) is 34.3 Å². The average molecular weight is 339 g/mol. The summed E-state index contributed by atoms with van der Waals surface area (Å²) < 4.78 is 1.18. The zero-order chi connectivity index (χ0) is 14.5. The Bertz CT molecular complexity index is 411. The van der Waals surface area contributed by atoms with Crippen molar-refractivity contribution >= 4 is 15.9 Å². The van der Waals surface area contributed by atoms with Crippen LogP contribution < -0.4 is 5.73 Å². The monoisotopic (exact) mass is 338 g/mol. The molecule has 1 aliphatic heterocycles. The quantitative estimate of drug-likeness (QED) is 0.864. The third kappa shape index (κ3) is 3.84. The standard InChI is InChI=1S/C17H27BrN2/c1-3-6-14-9-11-20(12-10-14)17(13(2)19)15-7-4-5-8-16(15)18/h4-5,7-8,13-14,17H,3,6,9-12,19H2,1-2H3. The van der Waals surface area contributed by atoms with Gasteiger partial charge in [0, 0.05) is 10.5 Å². The second-order valence-corrected chi connectivity index (χ2v) is 6.95. The lowest BCUT2D eigenvalue weighted by Crippen LogP contribution is -2.43. The molecule has 2 N–H and O–H groups in total. The van der Waals surface area contributed by atoms with E-state index in [0.717, 1.165) is 5.92 Å². The number of nitrogens with two attached hydrogens (primary N) is 1. The second-order valence-electron chi connectivity index (χ2n) is 6.09. The van der Waals surface area contributed by atoms with Crippen LogP contribution >= 0.6 is 15.9 Å². The summed E-state index contributed by atoms with van der Waals surface area (Å²) in [5.74, 6) is 0.921. The fourth-order valence-electron chi connectivity index (χ4n) is 3.46. The van der Waals surface area contributed by atoms with Crippen molar-refractivity contribution in [3.63, 3.8) is 0 Å². The maximum absolute atomic E-state index is 6.30. The largest absolute Gasteiger partial charge is 0.326 e. The number of nitrogens with zero attached hydrogens (tertiary/aromatic N) is 1. The third-order valence-corrected chi connectivity index (χ3v) is 5.18. The SMILES string of the molecule is CCCC1CCN(C(c2ccccc2Br)C(C)N)CC1. The van der Waals surface area contributed by atoms with Crippen LogP contribution in [0.25, 0.3) is 0 Å². The first-order valence-electron chi connectivity index (χ1n) is 7.87. The smallest absolute Gasteiger partial charge is 0.0507 e. The Morgan fingerprint density at radius 1 is 1.30 bits per heavy atom. The molecule has 0 amide bonds. The molecule has 1 aromatic carbocycles. The summed E-state index contributed by atoms with van der Waals surface area (Å²) in [6.07, 6.45) is 5.33. The highest BCUT2D eigenvalue weighted by Gasteiger charge is 2.29. The highest BCUT2D eigenvalue weighted by atomic mass is 79.9. The van der Waals surface area contributed by atoms with Crippen LogP contribution in [0, 0.1) is 5.92 Å². The van der Waals surface area contributed by atoms with E-state index in [1.807, 2.05) is 0 Å². The van der Waals surface area contributed by atoms with Gasteiger partial charge in [0.05, 0.1) is 6.04 Å². The molecule has 1 fully saturated rings. The lowest BCUT2D eigenvalue weighted by molar-refractivity contribution is 0.115. The number of piperidine rings is 1. The van der Waals surface area contributed by atoms with Gasteiger partial charge in [-0.05, 0) is 50.4 Å². The van der Waals surface area contributed by atoms with Gasteiger partial charge in [0.15, 0.2) is 0 Å². The number of hydrogen-bond donors (Lipinski definition) is 1. The Morgan fingerprint density at radius 3 is 2.50 bits per heavy atom. The van der Waals surface area contributed by atoms with Crippen LogP contribution in [0.5, 0.6) is 0 Å². The Morgan fingerprint density at radius 2 is 1.95 bits per heavy atom. The number of benzene rings is 1. The molecule has 112 valence electrons. The molecule has 0 bridgehead atoms. The average Bonchev–Trinajstić information content (AvgIpc) is 2.43. The van der Waals surface area contributed by atoms with Crippen LogP contribution in [-0.2, 0) is 0 Å². The summed E-state index contributed by atoms with van der Waals surface area (Å²) in [4.78, 5) is 2.58. The molecule has 0 aliphatic carbocycles. The van der Waals surface area contributed by atoms with Crippen molar-refractivity contribution in [2.24, 2.45) is 11.7 Å². The van der Waals surface area contributed by atoms with Gasteiger partial charge in [-0.2, -0.15) is 0 Å². The molecule has 3 heteroatoms. The van der Waals surface area contributed by atoms with Gasteiger partial charge in [-0.15, -0.1) is 0 Å². The fraction of sp³-hybridized carbons (Fsp3) is 0.647. The topological polar surface area (TPSA) is 29.3 Å². The van der Waals surface area contributed by atoms with E-state index in [1.54, 1.807) is 0 Å². The number of likely N-dealkylation sites (tertiary alicyclic amines) is 1. The van der Waals surface area contributed by atoms with Crippen LogP contribution in [0.3, 0.4) is 0 Å². The summed E-state index contributed by atoms with van der Waals surface area (Å²) in [7, 11) is 0. The molecule has 2 unspecified atom stereocenters. The zero-order valence-electron chi connectivity index (χ0n) is 12.7. The predicted octanol–water partition coefficient (Wildman–Crippen LogP) is 4.35. The van der Waals surface area contributed by atoms with Gasteiger partial charge in [0.25, 0.3) is 0 Å². The number of hydrogen-bond acceptors (Lipinski definition) is 2. The van der Waals surface area contributed by atoms with E-state index in [9.17, 15) is 0 Å². The van der Waals surface area contributed by atoms with Crippen LogP contribution in [0.4, 0.5) is 0 Å². The minimum Gasteiger partial charge on any atom is -0.326 e. The van der Waals surface area contributed by atoms with Gasteiger partial charge in [0.2, 0.25) is 0 Å². The van der Waals surface area contributed by atoms with Crippen LogP contribution in [-0.4, -0.2) is 24.0 Å². The van der Waals surface area contributed by atoms with Gasteiger partial charge >= 0.3 is 0 Å². The minimum absolute atomic E-state index is 0.149. The van der Waals surface area contributed by atoms with E-state index in [-0.39, 0.29) is 6.04 Å². The third-order valence-electron chi connectivity index (χ3n) is 4.46. The Kier molecular flexibility index (Phi) is 6.06. The summed E-state index contributed by atoms with van der Waals surface area (Å²) in [5, 5.41) is 0. The van der Waals surface area contributed by atoms with Crippen molar-refractivity contribution in [1.82, 2.24) is 4.90 Å². The van der Waals surface area contributed by atoms with Crippen molar-refractivity contribution in [2.45, 2.75) is 51.6 Å². The molecule has 0 saturated carbocycles. The first kappa shape index (κ1) is 16.0. The van der Waals surface area contributed by atoms with Gasteiger partial charge in [-0.1, -0.05) is 53.9 Å². The molecule has 1 saturated heterocycles. The maximum atomic E-state index is 6.30. The molecule has 0 radical (unpaired) electrons. The van der Waals surface area contributed by atoms with E-state index in [4.69, 9.17) is 5.73 Å². The molecule has 0 aromatic heterocycles. The number of halogens is 1. The van der Waals surface area contributed by atoms with Crippen LogP contribution in [0.2, 0.25) is 0 Å². The van der Waals surface area contributed by atoms with Gasteiger partial charge in [-0.3, -0.25) is 4.90 Å². The Balaban J connectivity index is 2.09. The normalized spacial score (nSPS) is 20.8. The molecule has 2 atom stereocenters. The maximum Gasteiger partial charge on any atom is 0.0507 e. The summed E-state index contributed by atoms with van der Waals surface area (Å²) in [5.41, 5.74) is 7.63. The minimum atomic E-state index is 0.149. The molecule has 1 heterocycles. The molecular formula is C17H27BrN2. The highest BCUT2D eigenvalue weighted by Crippen LogP contribution is 2.33. The van der Waals surface area contributed by atoms with E-state index < -0.39 is 0 Å². The summed E-state index contributed by atoms with van der Waals surface area (Å²) >= 11 is 3.69. The van der Waals surface area contributed by atoms with Gasteiger partial charge in [0.1, 0.15) is 0 Å². The van der Waals surface area contributed by atoms with Crippen molar-refractivity contribution < 1.29 is 0 Å². The molecule has 2 nitrogen and oxygen atoms in total. The van der Waals surface area contributed by atoms with E-state index in [0.29, 0.717) is 6.04 Å². The fourth-order valence-corrected chi connectivity index (χ4v) is 3.97. The Labute approximate surface area is 131 Å². The summed E-state index contributed by atoms with van der Waals surface area (Å²) in [6.45, 7) is 6.77. The predicted molar refractivity (Wildman–Crippen MR) is 89.7 cm³/mol. The lowest BCUT2D eigenvalue weighted by atomic mass is 9.89. The van der Waals surface area contributed by atoms with Crippen LogP contribution in [0.15, 0.2) is 28.7 Å². The van der Waals surface area contributed by atoms with E-state index in [2.05, 4.69) is 58.9 Å². The van der Waals surface area contributed by atoms with Crippen molar-refractivity contribution in [3.8, 4) is 0 Å². The zero-order valence-corrected chi connectivity index (χ0v) is 14.3. The molecule has 1 aliphatic rings. The lowest BCUT2D eigenvalue weighted by Gasteiger charge is -2.40. The Hall–Kier alpha value is -0.380. The number of rotatable bonds is 5. The highest BCUT2D eigenvalue weighted by molar-refractivity contribution is 9.10. The molecule has 20 heavy (non-hydrogen) atoms. The van der Waals surface area contributed by atoms with Crippen molar-refractivity contribution in [2.75, 3.05) is 13.1 Å². The van der Waals surface area contributed by atoms with Gasteiger partial charge in [-0.25, -0.2) is 0 Å². The molecule has 0 spiro atoms. The molecule has 2 rings (SSSR count). The van der Waals surface area contributed by atoms with Gasteiger partial charge < -0.3 is 5.73 Å².